The van der Waals surface area contributed by atoms with Crippen LogP contribution in [0.25, 0.3) is 0 Å². The number of anilines is 1. The third-order valence-corrected chi connectivity index (χ3v) is 4.42. The van der Waals surface area contributed by atoms with Crippen LogP contribution in [0.1, 0.15) is 18.4 Å². The van der Waals surface area contributed by atoms with E-state index in [1.165, 1.54) is 19.4 Å². The lowest BCUT2D eigenvalue weighted by Crippen LogP contribution is -2.50. The quantitative estimate of drug-likeness (QED) is 0.632. The van der Waals surface area contributed by atoms with Gasteiger partial charge < -0.3 is 10.6 Å². The monoisotopic (exact) mass is 279 g/mol. The topological polar surface area (TPSA) is 69.2 Å². The van der Waals surface area contributed by atoms with Crippen LogP contribution < -0.4 is 10.6 Å². The van der Waals surface area contributed by atoms with Gasteiger partial charge in [-0.15, -0.1) is 0 Å². The van der Waals surface area contributed by atoms with Crippen LogP contribution in [0, 0.1) is 5.41 Å². The first-order valence-electron chi connectivity index (χ1n) is 6.64. The molecule has 19 heavy (non-hydrogen) atoms. The number of nitrogens with zero attached hydrogens (tertiary/aromatic N) is 3. The summed E-state index contributed by atoms with van der Waals surface area (Å²) in [5.41, 5.74) is 6.11. The average Bonchev–Trinajstić information content (AvgIpc) is 2.85. The third kappa shape index (κ3) is 2.28. The SMILES string of the molecule is N=C(N)c1ccnc(N2CCN3CCCC3C2)c1Cl. The van der Waals surface area contributed by atoms with Crippen molar-refractivity contribution in [2.24, 2.45) is 5.73 Å². The molecule has 1 unspecified atom stereocenters. The average molecular weight is 280 g/mol. The van der Waals surface area contributed by atoms with E-state index in [-0.39, 0.29) is 5.84 Å². The number of nitrogen functional groups attached to an aromatic ring is 1. The molecule has 1 atom stereocenters. The fourth-order valence-electron chi connectivity index (χ4n) is 3.04. The Morgan fingerprint density at radius 1 is 1.42 bits per heavy atom. The summed E-state index contributed by atoms with van der Waals surface area (Å²) >= 11 is 6.34. The van der Waals surface area contributed by atoms with E-state index in [1.54, 1.807) is 12.3 Å². The molecule has 3 heterocycles. The molecular weight excluding hydrogens is 262 g/mol. The van der Waals surface area contributed by atoms with Crippen LogP contribution >= 0.6 is 11.6 Å². The van der Waals surface area contributed by atoms with Crippen molar-refractivity contribution in [2.75, 3.05) is 31.1 Å². The number of pyridine rings is 1. The molecule has 2 aliphatic heterocycles. The number of hydrogen-bond acceptors (Lipinski definition) is 4. The summed E-state index contributed by atoms with van der Waals surface area (Å²) in [5.74, 6) is 0.758. The zero-order chi connectivity index (χ0) is 13.4. The minimum atomic E-state index is -0.00634. The van der Waals surface area contributed by atoms with Crippen LogP contribution in [-0.2, 0) is 0 Å². The van der Waals surface area contributed by atoms with E-state index in [4.69, 9.17) is 22.7 Å². The highest BCUT2D eigenvalue weighted by Crippen LogP contribution is 2.30. The Kier molecular flexibility index (Phi) is 3.33. The number of piperazine rings is 1. The summed E-state index contributed by atoms with van der Waals surface area (Å²) in [7, 11) is 0. The molecule has 2 fully saturated rings. The molecule has 2 aliphatic rings. The summed E-state index contributed by atoms with van der Waals surface area (Å²) in [5, 5.41) is 8.04. The molecule has 1 aromatic rings. The Balaban J connectivity index is 1.86. The molecule has 102 valence electrons. The molecule has 0 saturated carbocycles. The van der Waals surface area contributed by atoms with Gasteiger partial charge in [-0.25, -0.2) is 4.98 Å². The van der Waals surface area contributed by atoms with E-state index >= 15 is 0 Å². The van der Waals surface area contributed by atoms with Crippen LogP contribution in [0.15, 0.2) is 12.3 Å². The fraction of sp³-hybridized carbons (Fsp3) is 0.538. The van der Waals surface area contributed by atoms with E-state index in [0.717, 1.165) is 25.5 Å². The van der Waals surface area contributed by atoms with E-state index in [9.17, 15) is 0 Å². The Labute approximate surface area is 117 Å². The van der Waals surface area contributed by atoms with Crippen molar-refractivity contribution in [1.29, 1.82) is 5.41 Å². The molecule has 3 N–H and O–H groups in total. The highest BCUT2D eigenvalue weighted by molar-refractivity contribution is 6.36. The minimum Gasteiger partial charge on any atom is -0.384 e. The molecule has 5 nitrogen and oxygen atoms in total. The van der Waals surface area contributed by atoms with Gasteiger partial charge in [0, 0.05) is 37.4 Å². The second-order valence-electron chi connectivity index (χ2n) is 5.19. The number of aromatic nitrogens is 1. The van der Waals surface area contributed by atoms with Crippen molar-refractivity contribution in [3.8, 4) is 0 Å². The number of halogens is 1. The summed E-state index contributed by atoms with van der Waals surface area (Å²) in [6, 6.07) is 2.31. The molecule has 1 aromatic heterocycles. The van der Waals surface area contributed by atoms with Crippen LogP contribution in [-0.4, -0.2) is 47.9 Å². The Hall–Kier alpha value is -1.33. The lowest BCUT2D eigenvalue weighted by atomic mass is 10.1. The maximum absolute atomic E-state index is 7.54. The van der Waals surface area contributed by atoms with Crippen molar-refractivity contribution in [2.45, 2.75) is 18.9 Å². The van der Waals surface area contributed by atoms with Crippen LogP contribution in [0.4, 0.5) is 5.82 Å². The van der Waals surface area contributed by atoms with Gasteiger partial charge in [0.25, 0.3) is 0 Å². The second kappa shape index (κ2) is 4.98. The highest BCUT2D eigenvalue weighted by atomic mass is 35.5. The van der Waals surface area contributed by atoms with E-state index in [1.807, 2.05) is 0 Å². The van der Waals surface area contributed by atoms with Crippen molar-refractivity contribution < 1.29 is 0 Å². The molecule has 3 rings (SSSR count). The molecule has 0 bridgehead atoms. The molecule has 6 heteroatoms. The van der Waals surface area contributed by atoms with Gasteiger partial charge in [-0.1, -0.05) is 11.6 Å². The number of rotatable bonds is 2. The van der Waals surface area contributed by atoms with E-state index in [0.29, 0.717) is 16.6 Å². The van der Waals surface area contributed by atoms with Crippen molar-refractivity contribution in [3.63, 3.8) is 0 Å². The van der Waals surface area contributed by atoms with Gasteiger partial charge in [0.05, 0.1) is 5.02 Å². The molecular formula is C13H18ClN5. The fourth-order valence-corrected chi connectivity index (χ4v) is 3.38. The second-order valence-corrected chi connectivity index (χ2v) is 5.57. The highest BCUT2D eigenvalue weighted by Gasteiger charge is 2.31. The normalized spacial score (nSPS) is 23.4. The first-order valence-corrected chi connectivity index (χ1v) is 7.02. The predicted molar refractivity (Wildman–Crippen MR) is 77.1 cm³/mol. The van der Waals surface area contributed by atoms with Crippen LogP contribution in [0.2, 0.25) is 5.02 Å². The Morgan fingerprint density at radius 2 is 2.26 bits per heavy atom. The lowest BCUT2D eigenvalue weighted by molar-refractivity contribution is 0.230. The Bertz CT molecular complexity index is 504. The number of nitrogens with two attached hydrogens (primary N) is 1. The summed E-state index contributed by atoms with van der Waals surface area (Å²) in [4.78, 5) is 9.15. The summed E-state index contributed by atoms with van der Waals surface area (Å²) < 4.78 is 0. The minimum absolute atomic E-state index is 0.00634. The van der Waals surface area contributed by atoms with E-state index < -0.39 is 0 Å². The summed E-state index contributed by atoms with van der Waals surface area (Å²) in [6.45, 7) is 4.18. The zero-order valence-electron chi connectivity index (χ0n) is 10.8. The number of amidine groups is 1. The number of hydrogen-bond donors (Lipinski definition) is 2. The number of fused-ring (bicyclic) bond motifs is 1. The van der Waals surface area contributed by atoms with Gasteiger partial charge in [-0.05, 0) is 25.5 Å². The molecule has 2 saturated heterocycles. The molecule has 0 radical (unpaired) electrons. The standard InChI is InChI=1S/C13H18ClN5/c14-11-10(12(15)16)3-4-17-13(11)19-7-6-18-5-1-2-9(18)8-19/h3-4,9H,1-2,5-8H2,(H3,15,16). The summed E-state index contributed by atoms with van der Waals surface area (Å²) in [6.07, 6.45) is 4.21. The Morgan fingerprint density at radius 3 is 3.05 bits per heavy atom. The zero-order valence-corrected chi connectivity index (χ0v) is 11.5. The smallest absolute Gasteiger partial charge is 0.148 e. The van der Waals surface area contributed by atoms with Crippen molar-refractivity contribution in [1.82, 2.24) is 9.88 Å². The largest absolute Gasteiger partial charge is 0.384 e. The van der Waals surface area contributed by atoms with Crippen LogP contribution in [0.5, 0.6) is 0 Å². The van der Waals surface area contributed by atoms with Gasteiger partial charge in [0.1, 0.15) is 11.7 Å². The predicted octanol–water partition coefficient (Wildman–Crippen LogP) is 1.30. The molecule has 0 aromatic carbocycles. The van der Waals surface area contributed by atoms with E-state index in [2.05, 4.69) is 14.8 Å². The van der Waals surface area contributed by atoms with Crippen molar-refractivity contribution in [3.05, 3.63) is 22.8 Å². The molecule has 0 spiro atoms. The first kappa shape index (κ1) is 12.7. The molecule has 0 aliphatic carbocycles. The van der Waals surface area contributed by atoms with Gasteiger partial charge in [0.2, 0.25) is 0 Å². The maximum atomic E-state index is 7.54. The third-order valence-electron chi connectivity index (χ3n) is 4.05. The van der Waals surface area contributed by atoms with Gasteiger partial charge in [0.15, 0.2) is 0 Å². The van der Waals surface area contributed by atoms with Crippen LogP contribution in [0.3, 0.4) is 0 Å². The van der Waals surface area contributed by atoms with Gasteiger partial charge in [-0.2, -0.15) is 0 Å². The lowest BCUT2D eigenvalue weighted by Gasteiger charge is -2.38. The maximum Gasteiger partial charge on any atom is 0.148 e. The van der Waals surface area contributed by atoms with Gasteiger partial charge in [-0.3, -0.25) is 10.3 Å². The van der Waals surface area contributed by atoms with Gasteiger partial charge >= 0.3 is 0 Å². The first-order chi connectivity index (χ1) is 9.16. The van der Waals surface area contributed by atoms with Crippen molar-refractivity contribution >= 4 is 23.3 Å². The number of nitrogens with one attached hydrogen (secondary N) is 1. The molecule has 0 amide bonds.